The standard InChI is InChI=1S/C14H27ClN4O/c1-6-11-13(15)12(19(7-2)18-11)8-10(17-16)9-20-14(3,4)5/h10,17H,6-9,16H2,1-5H3. The van der Waals surface area contributed by atoms with Crippen LogP contribution in [0.15, 0.2) is 0 Å². The van der Waals surface area contributed by atoms with Gasteiger partial charge in [0, 0.05) is 13.0 Å². The van der Waals surface area contributed by atoms with E-state index >= 15 is 0 Å². The van der Waals surface area contributed by atoms with Gasteiger partial charge >= 0.3 is 0 Å². The minimum absolute atomic E-state index is 0.0124. The number of nitrogens with one attached hydrogen (secondary N) is 1. The fraction of sp³-hybridized carbons (Fsp3) is 0.786. The van der Waals surface area contributed by atoms with E-state index in [1.165, 1.54) is 0 Å². The number of rotatable bonds is 7. The number of aryl methyl sites for hydroxylation is 2. The Morgan fingerprint density at radius 2 is 2.05 bits per heavy atom. The van der Waals surface area contributed by atoms with Gasteiger partial charge < -0.3 is 4.74 Å². The molecule has 3 N–H and O–H groups in total. The Morgan fingerprint density at radius 1 is 1.40 bits per heavy atom. The van der Waals surface area contributed by atoms with Crippen molar-refractivity contribution in [2.75, 3.05) is 6.61 Å². The SMILES string of the molecule is CCc1nn(CC)c(CC(COC(C)(C)C)NN)c1Cl. The summed E-state index contributed by atoms with van der Waals surface area (Å²) in [7, 11) is 0. The van der Waals surface area contributed by atoms with Gasteiger partial charge in [0.05, 0.1) is 34.7 Å². The van der Waals surface area contributed by atoms with E-state index in [0.29, 0.717) is 13.0 Å². The highest BCUT2D eigenvalue weighted by atomic mass is 35.5. The third kappa shape index (κ3) is 4.74. The van der Waals surface area contributed by atoms with E-state index < -0.39 is 0 Å². The molecule has 0 saturated heterocycles. The highest BCUT2D eigenvalue weighted by molar-refractivity contribution is 6.31. The predicted octanol–water partition coefficient (Wildman–Crippen LogP) is 2.31. The number of hydrazine groups is 1. The second kappa shape index (κ2) is 7.41. The second-order valence-corrected chi connectivity index (χ2v) is 6.25. The molecule has 0 amide bonds. The quantitative estimate of drug-likeness (QED) is 0.599. The van der Waals surface area contributed by atoms with Crippen LogP contribution in [0.4, 0.5) is 0 Å². The molecule has 1 unspecified atom stereocenters. The average Bonchev–Trinajstić information content (AvgIpc) is 2.69. The second-order valence-electron chi connectivity index (χ2n) is 5.87. The summed E-state index contributed by atoms with van der Waals surface area (Å²) in [6.45, 7) is 11.5. The lowest BCUT2D eigenvalue weighted by molar-refractivity contribution is -0.0145. The molecule has 1 rings (SSSR count). The first-order chi connectivity index (χ1) is 9.32. The fourth-order valence-corrected chi connectivity index (χ4v) is 2.31. The maximum absolute atomic E-state index is 6.41. The normalized spacial score (nSPS) is 13.8. The number of nitrogens with zero attached hydrogens (tertiary/aromatic N) is 2. The van der Waals surface area contributed by atoms with Crippen LogP contribution >= 0.6 is 11.6 Å². The zero-order valence-corrected chi connectivity index (χ0v) is 13.9. The van der Waals surface area contributed by atoms with Crippen LogP contribution in [-0.4, -0.2) is 28.0 Å². The monoisotopic (exact) mass is 302 g/mol. The molecule has 0 aliphatic heterocycles. The smallest absolute Gasteiger partial charge is 0.0850 e. The van der Waals surface area contributed by atoms with Crippen molar-refractivity contribution in [2.45, 2.75) is 65.6 Å². The van der Waals surface area contributed by atoms with Crippen LogP contribution in [0.3, 0.4) is 0 Å². The van der Waals surface area contributed by atoms with Crippen molar-refractivity contribution in [3.05, 3.63) is 16.4 Å². The van der Waals surface area contributed by atoms with Crippen molar-refractivity contribution in [3.63, 3.8) is 0 Å². The maximum Gasteiger partial charge on any atom is 0.0850 e. The molecule has 1 heterocycles. The highest BCUT2D eigenvalue weighted by Gasteiger charge is 2.20. The maximum atomic E-state index is 6.41. The van der Waals surface area contributed by atoms with E-state index in [1.54, 1.807) is 0 Å². The first-order valence-electron chi connectivity index (χ1n) is 7.16. The zero-order chi connectivity index (χ0) is 15.3. The Kier molecular flexibility index (Phi) is 6.45. The predicted molar refractivity (Wildman–Crippen MR) is 82.8 cm³/mol. The molecular weight excluding hydrogens is 276 g/mol. The topological polar surface area (TPSA) is 65.1 Å². The Balaban J connectivity index is 2.81. The molecule has 6 heteroatoms. The molecule has 0 fully saturated rings. The number of ether oxygens (including phenoxy) is 1. The first kappa shape index (κ1) is 17.4. The molecule has 5 nitrogen and oxygen atoms in total. The van der Waals surface area contributed by atoms with Gasteiger partial charge in [0.25, 0.3) is 0 Å². The molecule has 0 aromatic carbocycles. The van der Waals surface area contributed by atoms with Gasteiger partial charge in [-0.15, -0.1) is 0 Å². The lowest BCUT2D eigenvalue weighted by Gasteiger charge is -2.24. The van der Waals surface area contributed by atoms with E-state index in [2.05, 4.69) is 24.4 Å². The first-order valence-corrected chi connectivity index (χ1v) is 7.54. The molecule has 0 spiro atoms. The third-order valence-corrected chi connectivity index (χ3v) is 3.52. The molecule has 1 aromatic heterocycles. The Morgan fingerprint density at radius 3 is 2.50 bits per heavy atom. The summed E-state index contributed by atoms with van der Waals surface area (Å²) in [5.41, 5.74) is 4.58. The highest BCUT2D eigenvalue weighted by Crippen LogP contribution is 2.23. The molecule has 0 aliphatic rings. The molecule has 1 aromatic rings. The summed E-state index contributed by atoms with van der Waals surface area (Å²) in [6, 6.07) is 0.0124. The molecule has 1 atom stereocenters. The lowest BCUT2D eigenvalue weighted by atomic mass is 10.1. The van der Waals surface area contributed by atoms with Gasteiger partial charge in [0.1, 0.15) is 0 Å². The summed E-state index contributed by atoms with van der Waals surface area (Å²) >= 11 is 6.41. The van der Waals surface area contributed by atoms with Crippen molar-refractivity contribution in [1.29, 1.82) is 0 Å². The molecular formula is C14H27ClN4O. The van der Waals surface area contributed by atoms with Crippen molar-refractivity contribution in [3.8, 4) is 0 Å². The summed E-state index contributed by atoms with van der Waals surface area (Å²) in [5.74, 6) is 5.63. The third-order valence-electron chi connectivity index (χ3n) is 3.09. The molecule has 20 heavy (non-hydrogen) atoms. The van der Waals surface area contributed by atoms with E-state index in [-0.39, 0.29) is 11.6 Å². The summed E-state index contributed by atoms with van der Waals surface area (Å²) in [5, 5.41) is 5.27. The van der Waals surface area contributed by atoms with Gasteiger partial charge in [-0.3, -0.25) is 16.0 Å². The van der Waals surface area contributed by atoms with Gasteiger partial charge in [0.2, 0.25) is 0 Å². The molecule has 0 aliphatic carbocycles. The van der Waals surface area contributed by atoms with Crippen LogP contribution in [0.2, 0.25) is 5.02 Å². The summed E-state index contributed by atoms with van der Waals surface area (Å²) in [4.78, 5) is 0. The lowest BCUT2D eigenvalue weighted by Crippen LogP contribution is -2.42. The minimum atomic E-state index is -0.182. The van der Waals surface area contributed by atoms with Gasteiger partial charge in [-0.2, -0.15) is 5.10 Å². The van der Waals surface area contributed by atoms with E-state index in [9.17, 15) is 0 Å². The molecule has 0 radical (unpaired) electrons. The summed E-state index contributed by atoms with van der Waals surface area (Å²) < 4.78 is 7.73. The van der Waals surface area contributed by atoms with Crippen molar-refractivity contribution >= 4 is 11.6 Å². The van der Waals surface area contributed by atoms with Crippen LogP contribution in [0.5, 0.6) is 0 Å². The molecule has 0 bridgehead atoms. The molecule has 0 saturated carbocycles. The number of halogens is 1. The van der Waals surface area contributed by atoms with Crippen molar-refractivity contribution in [2.24, 2.45) is 5.84 Å². The van der Waals surface area contributed by atoms with E-state index in [4.69, 9.17) is 22.2 Å². The van der Waals surface area contributed by atoms with Gasteiger partial charge in [0.15, 0.2) is 0 Å². The van der Waals surface area contributed by atoms with Gasteiger partial charge in [-0.1, -0.05) is 18.5 Å². The number of hydrogen-bond donors (Lipinski definition) is 2. The van der Waals surface area contributed by atoms with Crippen LogP contribution < -0.4 is 11.3 Å². The van der Waals surface area contributed by atoms with Crippen LogP contribution in [0.25, 0.3) is 0 Å². The minimum Gasteiger partial charge on any atom is -0.374 e. The summed E-state index contributed by atoms with van der Waals surface area (Å²) in [6.07, 6.45) is 1.53. The number of nitrogens with two attached hydrogens (primary N) is 1. The van der Waals surface area contributed by atoms with Gasteiger partial charge in [-0.05, 0) is 34.1 Å². The van der Waals surface area contributed by atoms with Gasteiger partial charge in [-0.25, -0.2) is 0 Å². The Hall–Kier alpha value is -0.620. The number of hydrogen-bond acceptors (Lipinski definition) is 4. The van der Waals surface area contributed by atoms with E-state index in [0.717, 1.165) is 29.4 Å². The molecule has 116 valence electrons. The van der Waals surface area contributed by atoms with Crippen molar-refractivity contribution < 1.29 is 4.74 Å². The number of aromatic nitrogens is 2. The fourth-order valence-electron chi connectivity index (χ4n) is 1.96. The average molecular weight is 303 g/mol. The van der Waals surface area contributed by atoms with Crippen LogP contribution in [0.1, 0.15) is 46.0 Å². The van der Waals surface area contributed by atoms with Crippen LogP contribution in [-0.2, 0) is 24.1 Å². The van der Waals surface area contributed by atoms with Crippen LogP contribution in [0, 0.1) is 0 Å². The van der Waals surface area contributed by atoms with E-state index in [1.807, 2.05) is 25.5 Å². The largest absolute Gasteiger partial charge is 0.374 e. The van der Waals surface area contributed by atoms with Crippen molar-refractivity contribution in [1.82, 2.24) is 15.2 Å². The Labute approximate surface area is 126 Å². The zero-order valence-electron chi connectivity index (χ0n) is 13.2. The Bertz CT molecular complexity index is 426.